The van der Waals surface area contributed by atoms with Crippen molar-refractivity contribution in [3.8, 4) is 0 Å². The van der Waals surface area contributed by atoms with Crippen LogP contribution in [0.1, 0.15) is 17.0 Å². The molecule has 0 unspecified atom stereocenters. The lowest BCUT2D eigenvalue weighted by Crippen LogP contribution is -2.53. The summed E-state index contributed by atoms with van der Waals surface area (Å²) in [6.45, 7) is 6.25. The molecule has 1 saturated heterocycles. The van der Waals surface area contributed by atoms with Crippen LogP contribution in [-0.2, 0) is 17.9 Å². The molecule has 172 valence electrons. The molecule has 1 amide bonds. The van der Waals surface area contributed by atoms with E-state index in [4.69, 9.17) is 4.52 Å². The Morgan fingerprint density at radius 1 is 1.25 bits per heavy atom. The number of carbonyl (C=O) groups is 1. The van der Waals surface area contributed by atoms with E-state index >= 15 is 0 Å². The quantitative estimate of drug-likeness (QED) is 0.294. The third-order valence-corrected chi connectivity index (χ3v) is 5.19. The molecule has 32 heavy (non-hydrogen) atoms. The molecule has 0 atom stereocenters. The Balaban J connectivity index is 1.63. The molecule has 2 aromatic rings. The fourth-order valence-electron chi connectivity index (χ4n) is 3.31. The van der Waals surface area contributed by atoms with Crippen molar-refractivity contribution in [3.05, 3.63) is 57.5 Å². The van der Waals surface area contributed by atoms with Crippen LogP contribution < -0.4 is 5.32 Å². The summed E-state index contributed by atoms with van der Waals surface area (Å²) in [6.07, 6.45) is 0. The Morgan fingerprint density at radius 3 is 2.50 bits per heavy atom. The number of amides is 1. The molecule has 3 rings (SSSR count). The van der Waals surface area contributed by atoms with Crippen LogP contribution >= 0.6 is 0 Å². The average Bonchev–Trinajstić information content (AvgIpc) is 3.19. The number of benzene rings is 1. The van der Waals surface area contributed by atoms with Crippen molar-refractivity contribution in [2.45, 2.75) is 20.0 Å². The number of nitro benzene ring substituents is 1. The highest BCUT2D eigenvalue weighted by molar-refractivity contribution is 5.86. The fraction of sp³-hybridized carbons (Fsp3) is 0.476. The van der Waals surface area contributed by atoms with E-state index in [0.29, 0.717) is 12.5 Å². The minimum atomic E-state index is -0.424. The van der Waals surface area contributed by atoms with Gasteiger partial charge in [-0.05, 0) is 12.5 Å². The summed E-state index contributed by atoms with van der Waals surface area (Å²) in [4.78, 5) is 33.1. The number of piperazine rings is 1. The van der Waals surface area contributed by atoms with Crippen molar-refractivity contribution in [3.63, 3.8) is 0 Å². The fourth-order valence-corrected chi connectivity index (χ4v) is 3.31. The number of aryl methyl sites for hydroxylation is 1. The Hall–Kier alpha value is -3.47. The first-order valence-corrected chi connectivity index (χ1v) is 10.4. The standard InChI is InChI=1S/C21H29N7O4/c1-16-12-18(24-32-16)15-26-8-10-27(11-9-26)21(23-14-20(29)25(2)3)22-13-17-4-6-19(7-5-17)28(30)31/h4-7,12H,8-11,13-15H2,1-3H3,(H,22,23). The molecular weight excluding hydrogens is 414 g/mol. The predicted molar refractivity (Wildman–Crippen MR) is 119 cm³/mol. The predicted octanol–water partition coefficient (Wildman–Crippen LogP) is 1.24. The first-order chi connectivity index (χ1) is 15.3. The van der Waals surface area contributed by atoms with Gasteiger partial charge < -0.3 is 19.6 Å². The first kappa shape index (κ1) is 23.2. The zero-order valence-electron chi connectivity index (χ0n) is 18.7. The van der Waals surface area contributed by atoms with E-state index in [1.54, 1.807) is 26.2 Å². The Morgan fingerprint density at radius 2 is 1.94 bits per heavy atom. The molecule has 1 aromatic heterocycles. The van der Waals surface area contributed by atoms with Gasteiger partial charge in [-0.1, -0.05) is 17.3 Å². The zero-order chi connectivity index (χ0) is 23.1. The molecule has 0 saturated carbocycles. The summed E-state index contributed by atoms with van der Waals surface area (Å²) >= 11 is 0. The van der Waals surface area contributed by atoms with Crippen molar-refractivity contribution < 1.29 is 14.2 Å². The number of nitro groups is 1. The van der Waals surface area contributed by atoms with Crippen LogP contribution in [-0.4, -0.2) is 83.5 Å². The summed E-state index contributed by atoms with van der Waals surface area (Å²) in [7, 11) is 3.42. The molecule has 0 bridgehead atoms. The Kier molecular flexibility index (Phi) is 7.77. The number of non-ortho nitro benzene ring substituents is 1. The topological polar surface area (TPSA) is 120 Å². The number of hydrogen-bond acceptors (Lipinski definition) is 7. The van der Waals surface area contributed by atoms with Crippen molar-refractivity contribution in [2.24, 2.45) is 4.99 Å². The van der Waals surface area contributed by atoms with Gasteiger partial charge in [-0.2, -0.15) is 0 Å². The van der Waals surface area contributed by atoms with Gasteiger partial charge in [0.25, 0.3) is 5.69 Å². The molecule has 0 spiro atoms. The third kappa shape index (κ3) is 6.51. The molecule has 0 radical (unpaired) electrons. The SMILES string of the molecule is Cc1cc(CN2CCN(C(=NCc3ccc([N+](=O)[O-])cc3)NCC(=O)N(C)C)CC2)no1. The first-order valence-electron chi connectivity index (χ1n) is 10.4. The van der Waals surface area contributed by atoms with Gasteiger partial charge in [0, 0.05) is 65.0 Å². The third-order valence-electron chi connectivity index (χ3n) is 5.19. The van der Waals surface area contributed by atoms with Crippen molar-refractivity contribution >= 4 is 17.6 Å². The van der Waals surface area contributed by atoms with E-state index in [1.807, 2.05) is 13.0 Å². The van der Waals surface area contributed by atoms with Gasteiger partial charge >= 0.3 is 0 Å². The van der Waals surface area contributed by atoms with Crippen LogP contribution in [0.2, 0.25) is 0 Å². The number of nitrogens with zero attached hydrogens (tertiary/aromatic N) is 6. The normalized spacial score (nSPS) is 15.0. The summed E-state index contributed by atoms with van der Waals surface area (Å²) in [5.74, 6) is 1.40. The second-order valence-electron chi connectivity index (χ2n) is 7.90. The van der Waals surface area contributed by atoms with Crippen LogP contribution in [0.15, 0.2) is 39.8 Å². The van der Waals surface area contributed by atoms with Crippen molar-refractivity contribution in [1.29, 1.82) is 0 Å². The molecule has 1 aliphatic rings. The number of nitrogens with one attached hydrogen (secondary N) is 1. The van der Waals surface area contributed by atoms with Crippen LogP contribution in [0.4, 0.5) is 5.69 Å². The molecule has 0 aliphatic carbocycles. The lowest BCUT2D eigenvalue weighted by atomic mass is 10.2. The lowest BCUT2D eigenvalue weighted by Gasteiger charge is -2.36. The average molecular weight is 444 g/mol. The largest absolute Gasteiger partial charge is 0.361 e. The van der Waals surface area contributed by atoms with Gasteiger partial charge in [0.15, 0.2) is 5.96 Å². The molecule has 1 aromatic carbocycles. The number of carbonyl (C=O) groups excluding carboxylic acids is 1. The van der Waals surface area contributed by atoms with Crippen LogP contribution in [0.3, 0.4) is 0 Å². The maximum absolute atomic E-state index is 12.1. The van der Waals surface area contributed by atoms with Crippen molar-refractivity contribution in [2.75, 3.05) is 46.8 Å². The molecule has 1 aliphatic heterocycles. The molecule has 2 heterocycles. The van der Waals surface area contributed by atoms with E-state index in [2.05, 4.69) is 25.3 Å². The van der Waals surface area contributed by atoms with Crippen LogP contribution in [0, 0.1) is 17.0 Å². The summed E-state index contributed by atoms with van der Waals surface area (Å²) < 4.78 is 5.14. The molecule has 1 fully saturated rings. The maximum Gasteiger partial charge on any atom is 0.269 e. The lowest BCUT2D eigenvalue weighted by molar-refractivity contribution is -0.384. The molecular formula is C21H29N7O4. The second kappa shape index (κ2) is 10.7. The van der Waals surface area contributed by atoms with Crippen molar-refractivity contribution in [1.82, 2.24) is 25.2 Å². The molecule has 11 nitrogen and oxygen atoms in total. The number of aliphatic imine (C=N–C) groups is 1. The van der Waals surface area contributed by atoms with E-state index in [9.17, 15) is 14.9 Å². The molecule has 11 heteroatoms. The molecule has 1 N–H and O–H groups in total. The van der Waals surface area contributed by atoms with Gasteiger partial charge in [-0.15, -0.1) is 0 Å². The monoisotopic (exact) mass is 443 g/mol. The van der Waals surface area contributed by atoms with E-state index < -0.39 is 4.92 Å². The van der Waals surface area contributed by atoms with Gasteiger partial charge in [0.2, 0.25) is 5.91 Å². The number of rotatable bonds is 7. The Bertz CT molecular complexity index is 947. The van der Waals surface area contributed by atoms with E-state index in [1.165, 1.54) is 17.0 Å². The minimum absolute atomic E-state index is 0.0473. The number of guanidine groups is 1. The Labute approximate surface area is 186 Å². The number of aromatic nitrogens is 1. The van der Waals surface area contributed by atoms with Crippen LogP contribution in [0.5, 0.6) is 0 Å². The highest BCUT2D eigenvalue weighted by atomic mass is 16.6. The highest BCUT2D eigenvalue weighted by Gasteiger charge is 2.21. The second-order valence-corrected chi connectivity index (χ2v) is 7.90. The minimum Gasteiger partial charge on any atom is -0.361 e. The number of likely N-dealkylation sites (N-methyl/N-ethyl adjacent to an activating group) is 1. The van der Waals surface area contributed by atoms with Gasteiger partial charge in [-0.3, -0.25) is 19.8 Å². The van der Waals surface area contributed by atoms with Gasteiger partial charge in [-0.25, -0.2) is 4.99 Å². The zero-order valence-corrected chi connectivity index (χ0v) is 18.7. The summed E-state index contributed by atoms with van der Waals surface area (Å²) in [6, 6.07) is 8.28. The van der Waals surface area contributed by atoms with E-state index in [0.717, 1.165) is 49.7 Å². The summed E-state index contributed by atoms with van der Waals surface area (Å²) in [5, 5.41) is 18.1. The van der Waals surface area contributed by atoms with E-state index in [-0.39, 0.29) is 18.1 Å². The van der Waals surface area contributed by atoms with Crippen LogP contribution in [0.25, 0.3) is 0 Å². The van der Waals surface area contributed by atoms with Gasteiger partial charge in [0.1, 0.15) is 5.76 Å². The highest BCUT2D eigenvalue weighted by Crippen LogP contribution is 2.13. The smallest absolute Gasteiger partial charge is 0.269 e. The van der Waals surface area contributed by atoms with Gasteiger partial charge in [0.05, 0.1) is 23.7 Å². The summed E-state index contributed by atoms with van der Waals surface area (Å²) in [5.41, 5.74) is 1.82. The maximum atomic E-state index is 12.1. The number of hydrogen-bond donors (Lipinski definition) is 1.